The topological polar surface area (TPSA) is 55.6 Å². The Kier molecular flexibility index (Phi) is 6.06. The highest BCUT2D eigenvalue weighted by molar-refractivity contribution is 7.98. The average Bonchev–Trinajstić information content (AvgIpc) is 2.03. The van der Waals surface area contributed by atoms with Gasteiger partial charge in [0.05, 0.1) is 13.0 Å². The third-order valence-corrected chi connectivity index (χ3v) is 1.69. The Morgan fingerprint density at radius 3 is 2.73 bits per heavy atom. The van der Waals surface area contributed by atoms with Gasteiger partial charge < -0.3 is 10.5 Å². The van der Waals surface area contributed by atoms with Crippen molar-refractivity contribution < 1.29 is 9.53 Å². The summed E-state index contributed by atoms with van der Waals surface area (Å²) >= 11 is 1.56. The highest BCUT2D eigenvalue weighted by Crippen LogP contribution is 1.99. The van der Waals surface area contributed by atoms with E-state index in [0.717, 1.165) is 0 Å². The number of carbonyl (C=O) groups is 1. The smallest absolute Gasteiger partial charge is 0.410 e. The van der Waals surface area contributed by atoms with Crippen molar-refractivity contribution in [3.05, 3.63) is 0 Å². The predicted octanol–water partition coefficient (Wildman–Crippen LogP) is 0.334. The summed E-state index contributed by atoms with van der Waals surface area (Å²) in [4.78, 5) is 12.5. The van der Waals surface area contributed by atoms with E-state index in [-0.39, 0.29) is 6.09 Å². The zero-order valence-electron chi connectivity index (χ0n) is 6.87. The van der Waals surface area contributed by atoms with Crippen molar-refractivity contribution in [3.8, 4) is 0 Å². The summed E-state index contributed by atoms with van der Waals surface area (Å²) in [6.45, 7) is 1.02. The third-order valence-electron chi connectivity index (χ3n) is 1.12. The monoisotopic (exact) mass is 178 g/mol. The first kappa shape index (κ1) is 10.6. The fourth-order valence-electron chi connectivity index (χ4n) is 0.649. The van der Waals surface area contributed by atoms with Crippen molar-refractivity contribution in [1.82, 2.24) is 4.90 Å². The molecule has 0 aliphatic heterocycles. The molecule has 11 heavy (non-hydrogen) atoms. The first-order chi connectivity index (χ1) is 5.26. The molecule has 4 nitrogen and oxygen atoms in total. The highest BCUT2D eigenvalue weighted by Gasteiger charge is 2.10. The van der Waals surface area contributed by atoms with Crippen LogP contribution in [0.3, 0.4) is 0 Å². The summed E-state index contributed by atoms with van der Waals surface area (Å²) in [7, 11) is 1.37. The Labute approximate surface area is 71.1 Å². The molecule has 0 aliphatic rings. The van der Waals surface area contributed by atoms with Crippen LogP contribution in [0.2, 0.25) is 0 Å². The predicted molar refractivity (Wildman–Crippen MR) is 46.5 cm³/mol. The first-order valence-electron chi connectivity index (χ1n) is 3.28. The minimum absolute atomic E-state index is 0.315. The molecule has 0 spiro atoms. The zero-order chi connectivity index (χ0) is 8.69. The van der Waals surface area contributed by atoms with Crippen LogP contribution < -0.4 is 5.73 Å². The van der Waals surface area contributed by atoms with Gasteiger partial charge in [-0.3, -0.25) is 4.90 Å². The normalized spacial score (nSPS) is 9.36. The number of hydrogen-bond acceptors (Lipinski definition) is 4. The van der Waals surface area contributed by atoms with Crippen LogP contribution in [-0.2, 0) is 4.74 Å². The lowest BCUT2D eigenvalue weighted by molar-refractivity contribution is 0.132. The van der Waals surface area contributed by atoms with Gasteiger partial charge >= 0.3 is 6.09 Å². The van der Waals surface area contributed by atoms with Gasteiger partial charge in [-0.2, -0.15) is 0 Å². The summed E-state index contributed by atoms with van der Waals surface area (Å²) in [6.07, 6.45) is 1.61. The van der Waals surface area contributed by atoms with Crippen LogP contribution in [0.15, 0.2) is 0 Å². The summed E-state index contributed by atoms with van der Waals surface area (Å²) < 4.78 is 4.54. The number of rotatable bonds is 4. The van der Waals surface area contributed by atoms with Crippen molar-refractivity contribution in [2.45, 2.75) is 0 Å². The van der Waals surface area contributed by atoms with Gasteiger partial charge in [-0.1, -0.05) is 0 Å². The fourth-order valence-corrected chi connectivity index (χ4v) is 1.20. The SMILES string of the molecule is COC(=O)N(CCN)CSC. The Bertz CT molecular complexity index is 115. The molecule has 0 aromatic carbocycles. The van der Waals surface area contributed by atoms with E-state index in [0.29, 0.717) is 19.0 Å². The second-order valence-electron chi connectivity index (χ2n) is 1.94. The van der Waals surface area contributed by atoms with Crippen LogP contribution in [0.25, 0.3) is 0 Å². The molecule has 5 heteroatoms. The molecular weight excluding hydrogens is 164 g/mol. The Morgan fingerprint density at radius 2 is 2.36 bits per heavy atom. The lowest BCUT2D eigenvalue weighted by atomic mass is 10.6. The van der Waals surface area contributed by atoms with Crippen LogP contribution in [0.5, 0.6) is 0 Å². The van der Waals surface area contributed by atoms with E-state index >= 15 is 0 Å². The summed E-state index contributed by atoms with van der Waals surface area (Å²) in [5.74, 6) is 0.629. The molecule has 0 unspecified atom stereocenters. The van der Waals surface area contributed by atoms with Gasteiger partial charge in [0.25, 0.3) is 0 Å². The van der Waals surface area contributed by atoms with E-state index in [2.05, 4.69) is 4.74 Å². The van der Waals surface area contributed by atoms with Crippen LogP contribution in [0.1, 0.15) is 0 Å². The van der Waals surface area contributed by atoms with E-state index < -0.39 is 0 Å². The van der Waals surface area contributed by atoms with Gasteiger partial charge in [-0.15, -0.1) is 11.8 Å². The van der Waals surface area contributed by atoms with Crippen molar-refractivity contribution >= 4 is 17.9 Å². The van der Waals surface area contributed by atoms with Crippen molar-refractivity contribution in [2.75, 3.05) is 32.3 Å². The molecule has 0 aromatic rings. The number of amides is 1. The number of thioether (sulfide) groups is 1. The maximum atomic E-state index is 10.9. The number of methoxy groups -OCH3 is 1. The number of ether oxygens (including phenoxy) is 1. The molecule has 0 aromatic heterocycles. The third kappa shape index (κ3) is 4.10. The second-order valence-corrected chi connectivity index (χ2v) is 2.78. The van der Waals surface area contributed by atoms with E-state index in [9.17, 15) is 4.79 Å². The minimum atomic E-state index is -0.315. The molecule has 66 valence electrons. The van der Waals surface area contributed by atoms with E-state index in [4.69, 9.17) is 5.73 Å². The molecule has 0 saturated heterocycles. The summed E-state index contributed by atoms with van der Waals surface area (Å²) in [5, 5.41) is 0. The molecule has 0 aliphatic carbocycles. The molecule has 0 rings (SSSR count). The Hall–Kier alpha value is -0.420. The van der Waals surface area contributed by atoms with Gasteiger partial charge in [0.15, 0.2) is 0 Å². The molecule has 0 radical (unpaired) electrons. The Morgan fingerprint density at radius 1 is 1.73 bits per heavy atom. The van der Waals surface area contributed by atoms with Crippen molar-refractivity contribution in [2.24, 2.45) is 5.73 Å². The number of carbonyl (C=O) groups excluding carboxylic acids is 1. The molecule has 0 bridgehead atoms. The lowest BCUT2D eigenvalue weighted by Crippen LogP contribution is -2.34. The maximum Gasteiger partial charge on any atom is 0.410 e. The largest absolute Gasteiger partial charge is 0.453 e. The molecule has 0 saturated carbocycles. The fraction of sp³-hybridized carbons (Fsp3) is 0.833. The summed E-state index contributed by atoms with van der Waals surface area (Å²) in [6, 6.07) is 0. The van der Waals surface area contributed by atoms with Crippen LogP contribution in [0, 0.1) is 0 Å². The number of nitrogens with zero attached hydrogens (tertiary/aromatic N) is 1. The maximum absolute atomic E-state index is 10.9. The number of hydrogen-bond donors (Lipinski definition) is 1. The second kappa shape index (κ2) is 6.30. The van der Waals surface area contributed by atoms with Gasteiger partial charge in [-0.05, 0) is 6.26 Å². The van der Waals surface area contributed by atoms with Gasteiger partial charge in [0.2, 0.25) is 0 Å². The highest BCUT2D eigenvalue weighted by atomic mass is 32.2. The standard InChI is InChI=1S/C6H14N2O2S/c1-10-6(9)8(4-3-7)5-11-2/h3-5,7H2,1-2H3. The van der Waals surface area contributed by atoms with E-state index in [1.54, 1.807) is 16.7 Å². The quantitative estimate of drug-likeness (QED) is 0.630. The van der Waals surface area contributed by atoms with Crippen molar-refractivity contribution in [3.63, 3.8) is 0 Å². The minimum Gasteiger partial charge on any atom is -0.453 e. The summed E-state index contributed by atoms with van der Waals surface area (Å²) in [5.41, 5.74) is 5.29. The molecule has 1 amide bonds. The molecular formula is C6H14N2O2S. The lowest BCUT2D eigenvalue weighted by Gasteiger charge is -2.18. The van der Waals surface area contributed by atoms with Gasteiger partial charge in [0.1, 0.15) is 0 Å². The van der Waals surface area contributed by atoms with Crippen LogP contribution in [-0.4, -0.2) is 43.3 Å². The molecule has 0 atom stereocenters. The molecule has 0 heterocycles. The van der Waals surface area contributed by atoms with Crippen LogP contribution >= 0.6 is 11.8 Å². The van der Waals surface area contributed by atoms with Crippen molar-refractivity contribution in [1.29, 1.82) is 0 Å². The van der Waals surface area contributed by atoms with Crippen LogP contribution in [0.4, 0.5) is 4.79 Å². The Balaban J connectivity index is 3.76. The first-order valence-corrected chi connectivity index (χ1v) is 4.67. The number of nitrogens with two attached hydrogens (primary N) is 1. The molecule has 2 N–H and O–H groups in total. The van der Waals surface area contributed by atoms with Gasteiger partial charge in [0, 0.05) is 13.1 Å². The van der Waals surface area contributed by atoms with Gasteiger partial charge in [-0.25, -0.2) is 4.79 Å². The average molecular weight is 178 g/mol. The zero-order valence-corrected chi connectivity index (χ0v) is 7.69. The van der Waals surface area contributed by atoms with E-state index in [1.807, 2.05) is 6.26 Å². The van der Waals surface area contributed by atoms with E-state index in [1.165, 1.54) is 7.11 Å². The molecule has 0 fully saturated rings.